The molecule has 0 radical (unpaired) electrons. The summed E-state index contributed by atoms with van der Waals surface area (Å²) in [6.07, 6.45) is 0. The number of methoxy groups -OCH3 is 1. The topological polar surface area (TPSA) is 69.0 Å². The number of carbonyl (C=O) groups excluding carboxylic acids is 2. The lowest BCUT2D eigenvalue weighted by atomic mass is 10.1. The van der Waals surface area contributed by atoms with Crippen LogP contribution in [0, 0.1) is 0 Å². The number of hydrogen-bond acceptors (Lipinski definition) is 5. The van der Waals surface area contributed by atoms with E-state index >= 15 is 0 Å². The fourth-order valence-corrected chi connectivity index (χ4v) is 2.38. The van der Waals surface area contributed by atoms with Crippen molar-refractivity contribution in [2.75, 3.05) is 33.4 Å². The zero-order chi connectivity index (χ0) is 14.8. The third-order valence-corrected chi connectivity index (χ3v) is 3.48. The zero-order valence-electron chi connectivity index (χ0n) is 11.6. The summed E-state index contributed by atoms with van der Waals surface area (Å²) in [5.74, 6) is -0.416. The number of furan rings is 1. The van der Waals surface area contributed by atoms with E-state index in [1.165, 1.54) is 7.11 Å². The second-order valence-corrected chi connectivity index (χ2v) is 4.72. The Kier molecular flexibility index (Phi) is 3.62. The monoisotopic (exact) mass is 289 g/mol. The van der Waals surface area contributed by atoms with E-state index in [0.29, 0.717) is 42.8 Å². The number of amides is 1. The molecule has 21 heavy (non-hydrogen) atoms. The number of carbonyl (C=O) groups is 2. The Morgan fingerprint density at radius 1 is 1.24 bits per heavy atom. The van der Waals surface area contributed by atoms with E-state index in [9.17, 15) is 9.59 Å². The first-order chi connectivity index (χ1) is 10.2. The Bertz CT molecular complexity index is 684. The normalized spacial score (nSPS) is 15.2. The van der Waals surface area contributed by atoms with Gasteiger partial charge in [0.2, 0.25) is 0 Å². The SMILES string of the molecule is COC(=O)c1cccc2oc(C(=O)N3CCOCC3)cc12. The van der Waals surface area contributed by atoms with E-state index in [-0.39, 0.29) is 11.7 Å². The summed E-state index contributed by atoms with van der Waals surface area (Å²) in [5.41, 5.74) is 0.884. The molecule has 6 heteroatoms. The highest BCUT2D eigenvalue weighted by Gasteiger charge is 2.23. The van der Waals surface area contributed by atoms with Gasteiger partial charge in [0, 0.05) is 18.5 Å². The van der Waals surface area contributed by atoms with Gasteiger partial charge in [0.05, 0.1) is 25.9 Å². The molecular formula is C15H15NO5. The summed E-state index contributed by atoms with van der Waals surface area (Å²) >= 11 is 0. The van der Waals surface area contributed by atoms with Gasteiger partial charge in [-0.1, -0.05) is 6.07 Å². The van der Waals surface area contributed by atoms with Crippen LogP contribution in [0.3, 0.4) is 0 Å². The van der Waals surface area contributed by atoms with Gasteiger partial charge in [-0.3, -0.25) is 4.79 Å². The third-order valence-electron chi connectivity index (χ3n) is 3.48. The van der Waals surface area contributed by atoms with Crippen molar-refractivity contribution < 1.29 is 23.5 Å². The first-order valence-electron chi connectivity index (χ1n) is 6.68. The van der Waals surface area contributed by atoms with Crippen LogP contribution in [0.15, 0.2) is 28.7 Å². The van der Waals surface area contributed by atoms with E-state index < -0.39 is 5.97 Å². The smallest absolute Gasteiger partial charge is 0.338 e. The summed E-state index contributed by atoms with van der Waals surface area (Å²) in [6, 6.07) is 6.66. The molecule has 1 aliphatic rings. The minimum Gasteiger partial charge on any atom is -0.465 e. The highest BCUT2D eigenvalue weighted by Crippen LogP contribution is 2.24. The lowest BCUT2D eigenvalue weighted by molar-refractivity contribution is 0.0284. The molecule has 1 amide bonds. The largest absolute Gasteiger partial charge is 0.465 e. The maximum absolute atomic E-state index is 12.4. The van der Waals surface area contributed by atoms with Crippen LogP contribution in [-0.4, -0.2) is 50.2 Å². The first kappa shape index (κ1) is 13.6. The standard InChI is InChI=1S/C15H15NO5/c1-19-15(18)10-3-2-4-12-11(10)9-13(21-12)14(17)16-5-7-20-8-6-16/h2-4,9H,5-8H2,1H3. The van der Waals surface area contributed by atoms with Crippen LogP contribution < -0.4 is 0 Å². The highest BCUT2D eigenvalue weighted by atomic mass is 16.5. The summed E-state index contributed by atoms with van der Waals surface area (Å²) in [6.45, 7) is 2.14. The molecule has 0 spiro atoms. The van der Waals surface area contributed by atoms with E-state index in [0.717, 1.165) is 0 Å². The molecule has 2 heterocycles. The molecule has 110 valence electrons. The minimum absolute atomic E-state index is 0.190. The van der Waals surface area contributed by atoms with Crippen LogP contribution in [0.2, 0.25) is 0 Å². The molecule has 1 aromatic carbocycles. The first-order valence-corrected chi connectivity index (χ1v) is 6.68. The van der Waals surface area contributed by atoms with E-state index in [1.54, 1.807) is 29.2 Å². The fourth-order valence-electron chi connectivity index (χ4n) is 2.38. The fraction of sp³-hybridized carbons (Fsp3) is 0.333. The molecule has 2 aromatic rings. The molecule has 1 aromatic heterocycles. The molecule has 0 unspecified atom stereocenters. The van der Waals surface area contributed by atoms with Crippen LogP contribution in [0.5, 0.6) is 0 Å². The molecule has 0 saturated carbocycles. The Hall–Kier alpha value is -2.34. The Labute approximate surface area is 121 Å². The number of esters is 1. The number of rotatable bonds is 2. The second-order valence-electron chi connectivity index (χ2n) is 4.72. The van der Waals surface area contributed by atoms with Crippen molar-refractivity contribution in [1.29, 1.82) is 0 Å². The predicted octanol–water partition coefficient (Wildman–Crippen LogP) is 1.69. The average molecular weight is 289 g/mol. The molecule has 1 saturated heterocycles. The van der Waals surface area contributed by atoms with Gasteiger partial charge in [0.15, 0.2) is 5.76 Å². The summed E-state index contributed by atoms with van der Waals surface area (Å²) < 4.78 is 15.5. The van der Waals surface area contributed by atoms with Crippen molar-refractivity contribution in [1.82, 2.24) is 4.90 Å². The van der Waals surface area contributed by atoms with Crippen LogP contribution in [0.25, 0.3) is 11.0 Å². The van der Waals surface area contributed by atoms with Crippen molar-refractivity contribution in [3.05, 3.63) is 35.6 Å². The lowest BCUT2D eigenvalue weighted by Gasteiger charge is -2.25. The van der Waals surface area contributed by atoms with Crippen molar-refractivity contribution >= 4 is 22.8 Å². The Morgan fingerprint density at radius 3 is 2.71 bits per heavy atom. The van der Waals surface area contributed by atoms with Gasteiger partial charge in [0.25, 0.3) is 5.91 Å². The summed E-state index contributed by atoms with van der Waals surface area (Å²) in [5, 5.41) is 0.584. The van der Waals surface area contributed by atoms with Gasteiger partial charge in [0.1, 0.15) is 5.58 Å². The molecule has 0 N–H and O–H groups in total. The molecular weight excluding hydrogens is 274 g/mol. The van der Waals surface area contributed by atoms with Gasteiger partial charge < -0.3 is 18.8 Å². The number of nitrogens with zero attached hydrogens (tertiary/aromatic N) is 1. The maximum atomic E-state index is 12.4. The second kappa shape index (κ2) is 5.57. The van der Waals surface area contributed by atoms with Crippen LogP contribution in [0.1, 0.15) is 20.9 Å². The van der Waals surface area contributed by atoms with Crippen LogP contribution in [0.4, 0.5) is 0 Å². The van der Waals surface area contributed by atoms with Gasteiger partial charge >= 0.3 is 5.97 Å². The molecule has 6 nitrogen and oxygen atoms in total. The van der Waals surface area contributed by atoms with Crippen LogP contribution in [-0.2, 0) is 9.47 Å². The molecule has 1 fully saturated rings. The van der Waals surface area contributed by atoms with Crippen LogP contribution >= 0.6 is 0 Å². The molecule has 0 bridgehead atoms. The lowest BCUT2D eigenvalue weighted by Crippen LogP contribution is -2.40. The van der Waals surface area contributed by atoms with Gasteiger partial charge in [-0.15, -0.1) is 0 Å². The van der Waals surface area contributed by atoms with E-state index in [1.807, 2.05) is 0 Å². The van der Waals surface area contributed by atoms with E-state index in [4.69, 9.17) is 13.9 Å². The highest BCUT2D eigenvalue weighted by molar-refractivity contribution is 6.05. The number of hydrogen-bond donors (Lipinski definition) is 0. The van der Waals surface area contributed by atoms with Crippen molar-refractivity contribution in [2.24, 2.45) is 0 Å². The van der Waals surface area contributed by atoms with Crippen molar-refractivity contribution in [2.45, 2.75) is 0 Å². The minimum atomic E-state index is -0.452. The summed E-state index contributed by atoms with van der Waals surface area (Å²) in [4.78, 5) is 25.8. The predicted molar refractivity (Wildman–Crippen MR) is 74.3 cm³/mol. The molecule has 1 aliphatic heterocycles. The van der Waals surface area contributed by atoms with Gasteiger partial charge in [-0.05, 0) is 18.2 Å². The molecule has 3 rings (SSSR count). The van der Waals surface area contributed by atoms with Crippen molar-refractivity contribution in [3.8, 4) is 0 Å². The maximum Gasteiger partial charge on any atom is 0.338 e. The van der Waals surface area contributed by atoms with E-state index in [2.05, 4.69) is 0 Å². The Balaban J connectivity index is 1.97. The number of benzene rings is 1. The van der Waals surface area contributed by atoms with Gasteiger partial charge in [-0.25, -0.2) is 4.79 Å². The number of ether oxygens (including phenoxy) is 2. The quantitative estimate of drug-likeness (QED) is 0.787. The molecule has 0 aliphatic carbocycles. The molecule has 0 atom stereocenters. The third kappa shape index (κ3) is 2.50. The van der Waals surface area contributed by atoms with Crippen molar-refractivity contribution in [3.63, 3.8) is 0 Å². The number of morpholine rings is 1. The number of fused-ring (bicyclic) bond motifs is 1. The van der Waals surface area contributed by atoms with Gasteiger partial charge in [-0.2, -0.15) is 0 Å². The zero-order valence-corrected chi connectivity index (χ0v) is 11.6. The Morgan fingerprint density at radius 2 is 2.00 bits per heavy atom. The summed E-state index contributed by atoms with van der Waals surface area (Å²) in [7, 11) is 1.32. The average Bonchev–Trinajstić information content (AvgIpc) is 2.98.